The molecule has 0 radical (unpaired) electrons. The summed E-state index contributed by atoms with van der Waals surface area (Å²) in [5, 5.41) is 11.6. The van der Waals surface area contributed by atoms with Crippen molar-refractivity contribution in [2.24, 2.45) is 5.73 Å². The summed E-state index contributed by atoms with van der Waals surface area (Å²) in [5.74, 6) is 0.0522. The van der Waals surface area contributed by atoms with Gasteiger partial charge in [-0.1, -0.05) is 36.4 Å². The molecule has 0 aromatic heterocycles. The molecule has 3 aromatic rings. The summed E-state index contributed by atoms with van der Waals surface area (Å²) < 4.78 is 49.6. The Labute approximate surface area is 302 Å². The highest BCUT2D eigenvalue weighted by Gasteiger charge is 2.34. The van der Waals surface area contributed by atoms with Gasteiger partial charge < -0.3 is 34.3 Å². The van der Waals surface area contributed by atoms with Crippen molar-refractivity contribution >= 4 is 66.3 Å². The number of nitrogens with one attached hydrogen (secondary N) is 1. The van der Waals surface area contributed by atoms with Crippen LogP contribution in [-0.2, 0) is 28.2 Å². The first kappa shape index (κ1) is 48.2. The van der Waals surface area contributed by atoms with Crippen LogP contribution in [0.15, 0.2) is 84.9 Å². The van der Waals surface area contributed by atoms with Gasteiger partial charge in [0.15, 0.2) is 5.69 Å². The van der Waals surface area contributed by atoms with Gasteiger partial charge in [0.1, 0.15) is 29.3 Å². The molecule has 0 aliphatic rings. The number of rotatable bonds is 13. The van der Waals surface area contributed by atoms with Gasteiger partial charge in [-0.2, -0.15) is 10.6 Å². The third-order valence-electron chi connectivity index (χ3n) is 4.96. The average Bonchev–Trinajstić information content (AvgIpc) is 2.97. The molecule has 0 spiro atoms. The van der Waals surface area contributed by atoms with Crippen LogP contribution in [0, 0.1) is 0 Å². The number of hydrogen-bond donors (Lipinski definition) is 4. The minimum absolute atomic E-state index is 0. The van der Waals surface area contributed by atoms with Gasteiger partial charge >= 0.3 is 25.8 Å². The number of ether oxygens (including phenoxy) is 2. The van der Waals surface area contributed by atoms with Crippen LogP contribution < -0.4 is 29.9 Å². The van der Waals surface area contributed by atoms with Crippen LogP contribution in [-0.4, -0.2) is 46.9 Å². The zero-order valence-electron chi connectivity index (χ0n) is 27.7. The van der Waals surface area contributed by atoms with E-state index in [1.54, 1.807) is 107 Å². The number of carbonyl (C=O) groups excluding carboxylic acids is 2. The second-order valence-corrected chi connectivity index (χ2v) is 15.9. The molecular weight excluding hydrogens is 747 g/mol. The fourth-order valence-corrected chi connectivity index (χ4v) is 5.38. The van der Waals surface area contributed by atoms with E-state index in [-0.39, 0.29) is 41.8 Å². The Morgan fingerprint density at radius 3 is 1.45 bits per heavy atom. The molecule has 3 atom stereocenters. The summed E-state index contributed by atoms with van der Waals surface area (Å²) in [6, 6.07) is 21.8. The van der Waals surface area contributed by atoms with Crippen molar-refractivity contribution in [2.75, 3.05) is 0 Å². The molecular formula is C30H45Cl3N3O11P2+. The van der Waals surface area contributed by atoms with Crippen LogP contribution in [0.5, 0.6) is 17.2 Å². The molecule has 49 heavy (non-hydrogen) atoms. The van der Waals surface area contributed by atoms with E-state index in [0.29, 0.717) is 17.2 Å². The molecule has 0 amide bonds. The lowest BCUT2D eigenvalue weighted by molar-refractivity contribution is -0.825. The monoisotopic (exact) mass is 790 g/mol. The lowest BCUT2D eigenvalue weighted by Crippen LogP contribution is -2.73. The Bertz CT molecular complexity index is 1450. The van der Waals surface area contributed by atoms with Crippen LogP contribution >= 0.6 is 48.7 Å². The molecule has 0 aliphatic carbocycles. The number of quaternary nitrogens is 1. The Balaban J connectivity index is 0. The molecule has 3 aromatic carbocycles. The molecule has 0 saturated carbocycles. The smallest absolute Gasteiger partial charge is 0.462 e. The topological polar surface area (TPSA) is 221 Å². The zero-order valence-corrected chi connectivity index (χ0v) is 31.8. The third kappa shape index (κ3) is 22.5. The summed E-state index contributed by atoms with van der Waals surface area (Å²) in [4.78, 5) is 22.7. The number of hydrogen-bond acceptors (Lipinski definition) is 11. The highest BCUT2D eigenvalue weighted by Crippen LogP contribution is 2.57. The fourth-order valence-electron chi connectivity index (χ4n) is 3.01. The molecule has 14 nitrogen and oxygen atoms in total. The van der Waals surface area contributed by atoms with E-state index in [0.717, 1.165) is 5.48 Å². The Hall–Kier alpha value is -2.87. The van der Waals surface area contributed by atoms with Gasteiger partial charge in [0, 0.05) is 34.6 Å². The molecule has 3 rings (SSSR count). The maximum Gasteiger partial charge on any atom is 0.513 e. The largest absolute Gasteiger partial charge is 0.513 e. The molecule has 0 aliphatic heterocycles. The number of halogens is 3. The standard InChI is InChI=1S/C18H23N2O6P.C6H5Cl2O2P.C6H13NO2.ClH.H2O/c1-13(2)24-18(21)14(3)20-27(23,25-16-7-5-4-6-8-16)26-17-11-9-15(19-22)10-12-17;7-11(8,9)10-6-4-2-1-3-5-6;1-4(2)9-6(8)5(3)7;;/h4-14,19,22H,1-3H3,(H,20,23);1-5H;4-5H,7H2,1-3H3;1H;1H2/p+1/t14-,27?;;5-;;/m0.0../s1. The first-order chi connectivity index (χ1) is 21.9. The number of benzene rings is 3. The van der Waals surface area contributed by atoms with Gasteiger partial charge in [-0.05, 0) is 77.9 Å². The van der Waals surface area contributed by atoms with E-state index in [2.05, 4.69) is 9.61 Å². The second-order valence-electron chi connectivity index (χ2n) is 10.1. The molecule has 0 heterocycles. The fraction of sp³-hybridized carbons (Fsp3) is 0.333. The lowest BCUT2D eigenvalue weighted by Gasteiger charge is -2.23. The van der Waals surface area contributed by atoms with Crippen molar-refractivity contribution in [1.29, 1.82) is 0 Å². The quantitative estimate of drug-likeness (QED) is 0.0649. The van der Waals surface area contributed by atoms with Gasteiger partial charge in [0.05, 0.1) is 12.2 Å². The molecule has 0 bridgehead atoms. The average molecular weight is 792 g/mol. The summed E-state index contributed by atoms with van der Waals surface area (Å²) in [6.45, 7) is 10.1. The van der Waals surface area contributed by atoms with Crippen LogP contribution in [0.25, 0.3) is 0 Å². The summed E-state index contributed by atoms with van der Waals surface area (Å²) >= 11 is 10.3. The van der Waals surface area contributed by atoms with Crippen LogP contribution in [0.1, 0.15) is 41.5 Å². The van der Waals surface area contributed by atoms with Crippen LogP contribution in [0.2, 0.25) is 0 Å². The van der Waals surface area contributed by atoms with E-state index in [1.165, 1.54) is 19.1 Å². The Morgan fingerprint density at radius 1 is 0.714 bits per heavy atom. The lowest BCUT2D eigenvalue weighted by atomic mass is 10.3. The molecule has 8 N–H and O–H groups in total. The van der Waals surface area contributed by atoms with Crippen LogP contribution in [0.4, 0.5) is 5.69 Å². The first-order valence-electron chi connectivity index (χ1n) is 14.2. The highest BCUT2D eigenvalue weighted by atomic mass is 35.9. The van der Waals surface area contributed by atoms with Gasteiger partial charge in [-0.3, -0.25) is 9.59 Å². The normalized spacial score (nSPS) is 12.8. The van der Waals surface area contributed by atoms with Gasteiger partial charge in [0.2, 0.25) is 0 Å². The molecule has 1 unspecified atom stereocenters. The van der Waals surface area contributed by atoms with E-state index < -0.39 is 31.9 Å². The maximum atomic E-state index is 13.3. The first-order valence-corrected chi connectivity index (χ1v) is 19.2. The van der Waals surface area contributed by atoms with E-state index in [1.807, 2.05) is 0 Å². The minimum atomic E-state index is -3.96. The third-order valence-corrected chi connectivity index (χ3v) is 7.40. The molecule has 19 heteroatoms. The SMILES string of the molecule is CC(C)OC(=O)[C@H](C)N.CC(C)OC(=O)[C@H](C)NP(=O)(Oc1ccccc1)Oc1ccc([NH2+]O)cc1.Cl.O.O=P(Cl)(Cl)Oc1ccccc1. The van der Waals surface area contributed by atoms with E-state index in [4.69, 9.17) is 51.9 Å². The summed E-state index contributed by atoms with van der Waals surface area (Å²) in [6.07, 6.45) is -3.82. The van der Waals surface area contributed by atoms with Crippen molar-refractivity contribution in [2.45, 2.75) is 65.8 Å². The minimum Gasteiger partial charge on any atom is -0.462 e. The van der Waals surface area contributed by atoms with Crippen molar-refractivity contribution in [3.63, 3.8) is 0 Å². The highest BCUT2D eigenvalue weighted by molar-refractivity contribution is 8.05. The second kappa shape index (κ2) is 24.3. The molecule has 0 saturated heterocycles. The van der Waals surface area contributed by atoms with E-state index in [9.17, 15) is 18.7 Å². The summed E-state index contributed by atoms with van der Waals surface area (Å²) in [7, 11) is -3.96. The van der Waals surface area contributed by atoms with Crippen molar-refractivity contribution in [1.82, 2.24) is 5.09 Å². The number of esters is 2. The molecule has 0 fully saturated rings. The summed E-state index contributed by atoms with van der Waals surface area (Å²) in [5.41, 5.74) is 6.70. The predicted octanol–water partition coefficient (Wildman–Crippen LogP) is 6.30. The van der Waals surface area contributed by atoms with Gasteiger partial charge in [-0.25, -0.2) is 14.3 Å². The van der Waals surface area contributed by atoms with Crippen LogP contribution in [0.3, 0.4) is 0 Å². The Morgan fingerprint density at radius 2 is 1.10 bits per heavy atom. The van der Waals surface area contributed by atoms with E-state index >= 15 is 0 Å². The molecule has 276 valence electrons. The maximum absolute atomic E-state index is 13.3. The van der Waals surface area contributed by atoms with Gasteiger partial charge in [-0.15, -0.1) is 12.4 Å². The van der Waals surface area contributed by atoms with Crippen molar-refractivity contribution in [3.8, 4) is 17.2 Å². The predicted molar refractivity (Wildman–Crippen MR) is 191 cm³/mol. The van der Waals surface area contributed by atoms with Crippen molar-refractivity contribution in [3.05, 3.63) is 84.9 Å². The van der Waals surface area contributed by atoms with Gasteiger partial charge in [0.25, 0.3) is 0 Å². The number of para-hydroxylation sites is 2. The Kier molecular flexibility index (Phi) is 23.9. The number of carbonyl (C=O) groups is 2. The van der Waals surface area contributed by atoms with Crippen molar-refractivity contribution < 1.29 is 57.9 Å². The zero-order chi connectivity index (χ0) is 35.6. The number of nitrogens with two attached hydrogens (primary N) is 2.